The summed E-state index contributed by atoms with van der Waals surface area (Å²) in [5.74, 6) is 0.504. The molecule has 1 N–H and O–H groups in total. The quantitative estimate of drug-likeness (QED) is 0.827. The molecule has 1 unspecified atom stereocenters. The summed E-state index contributed by atoms with van der Waals surface area (Å²) in [7, 11) is -2.88. The molecule has 0 amide bonds. The molecule has 0 spiro atoms. The van der Waals surface area contributed by atoms with Crippen molar-refractivity contribution in [2.24, 2.45) is 0 Å². The lowest BCUT2D eigenvalue weighted by Gasteiger charge is -2.16. The summed E-state index contributed by atoms with van der Waals surface area (Å²) in [5, 5.41) is 3.28. The number of nitrogens with one attached hydrogen (secondary N) is 1. The van der Waals surface area contributed by atoms with Gasteiger partial charge in [-0.15, -0.1) is 0 Å². The highest BCUT2D eigenvalue weighted by molar-refractivity contribution is 7.91. The molecule has 0 aliphatic heterocycles. The maximum atomic E-state index is 11.6. The minimum absolute atomic E-state index is 0.183. The van der Waals surface area contributed by atoms with E-state index in [0.29, 0.717) is 13.0 Å². The van der Waals surface area contributed by atoms with Gasteiger partial charge in [0.1, 0.15) is 0 Å². The summed E-state index contributed by atoms with van der Waals surface area (Å²) < 4.78 is 23.2. The zero-order chi connectivity index (χ0) is 13.6. The number of hydrogen-bond donors (Lipinski definition) is 1. The molecule has 3 nitrogen and oxygen atoms in total. The van der Waals surface area contributed by atoms with Crippen LogP contribution in [0.15, 0.2) is 24.3 Å². The number of hydrogen-bond acceptors (Lipinski definition) is 3. The van der Waals surface area contributed by atoms with Gasteiger partial charge >= 0.3 is 0 Å². The SMILES string of the molecule is CCCS(=O)(=O)CCNC(C)c1ccccc1C. The average molecular weight is 269 g/mol. The molecule has 0 saturated heterocycles. The summed E-state index contributed by atoms with van der Waals surface area (Å²) in [5.41, 5.74) is 2.46. The predicted molar refractivity (Wildman–Crippen MR) is 76.5 cm³/mol. The molecule has 1 atom stereocenters. The minimum atomic E-state index is -2.88. The van der Waals surface area contributed by atoms with Crippen LogP contribution in [-0.2, 0) is 9.84 Å². The highest BCUT2D eigenvalue weighted by Crippen LogP contribution is 2.16. The average Bonchev–Trinajstić information content (AvgIpc) is 2.29. The zero-order valence-corrected chi connectivity index (χ0v) is 12.3. The monoisotopic (exact) mass is 269 g/mol. The molecule has 0 aliphatic carbocycles. The van der Waals surface area contributed by atoms with Gasteiger partial charge in [0.2, 0.25) is 0 Å². The molecule has 0 aromatic heterocycles. The summed E-state index contributed by atoms with van der Waals surface area (Å²) in [6.07, 6.45) is 0.690. The van der Waals surface area contributed by atoms with Gasteiger partial charge in [0.15, 0.2) is 9.84 Å². The van der Waals surface area contributed by atoms with E-state index in [0.717, 1.165) is 0 Å². The van der Waals surface area contributed by atoms with E-state index in [-0.39, 0.29) is 17.5 Å². The van der Waals surface area contributed by atoms with Crippen LogP contribution in [0.3, 0.4) is 0 Å². The van der Waals surface area contributed by atoms with Crippen LogP contribution >= 0.6 is 0 Å². The minimum Gasteiger partial charge on any atom is -0.309 e. The van der Waals surface area contributed by atoms with Gasteiger partial charge in [0.25, 0.3) is 0 Å². The van der Waals surface area contributed by atoms with Gasteiger partial charge in [-0.25, -0.2) is 8.42 Å². The maximum absolute atomic E-state index is 11.6. The van der Waals surface area contributed by atoms with E-state index >= 15 is 0 Å². The van der Waals surface area contributed by atoms with E-state index in [1.807, 2.05) is 19.1 Å². The van der Waals surface area contributed by atoms with E-state index in [9.17, 15) is 8.42 Å². The van der Waals surface area contributed by atoms with Gasteiger partial charge in [-0.3, -0.25) is 0 Å². The van der Waals surface area contributed by atoms with Crippen molar-refractivity contribution in [3.8, 4) is 0 Å². The van der Waals surface area contributed by atoms with E-state index in [2.05, 4.69) is 31.3 Å². The molecule has 1 rings (SSSR count). The molecule has 0 aliphatic rings. The first kappa shape index (κ1) is 15.2. The number of aryl methyl sites for hydroxylation is 1. The Bertz CT molecular complexity index is 468. The van der Waals surface area contributed by atoms with Gasteiger partial charge in [-0.05, 0) is 31.4 Å². The fourth-order valence-electron chi connectivity index (χ4n) is 2.03. The molecule has 1 aromatic carbocycles. The van der Waals surface area contributed by atoms with Crippen molar-refractivity contribution >= 4 is 9.84 Å². The van der Waals surface area contributed by atoms with Gasteiger partial charge in [-0.2, -0.15) is 0 Å². The Morgan fingerprint density at radius 1 is 1.22 bits per heavy atom. The standard InChI is InChI=1S/C14H23NO2S/c1-4-10-18(16,17)11-9-15-13(3)14-8-6-5-7-12(14)2/h5-8,13,15H,4,9-11H2,1-3H3. The van der Waals surface area contributed by atoms with Crippen molar-refractivity contribution in [1.29, 1.82) is 0 Å². The second kappa shape index (κ2) is 6.90. The first-order valence-electron chi connectivity index (χ1n) is 6.45. The molecule has 0 bridgehead atoms. The second-order valence-corrected chi connectivity index (χ2v) is 6.99. The normalized spacial score (nSPS) is 13.5. The largest absolute Gasteiger partial charge is 0.309 e. The Morgan fingerprint density at radius 2 is 1.89 bits per heavy atom. The predicted octanol–water partition coefficient (Wildman–Crippen LogP) is 2.47. The highest BCUT2D eigenvalue weighted by atomic mass is 32.2. The Kier molecular flexibility index (Phi) is 5.82. The third-order valence-electron chi connectivity index (χ3n) is 3.03. The first-order chi connectivity index (χ1) is 8.46. The summed E-state index contributed by atoms with van der Waals surface area (Å²) in [6, 6.07) is 8.35. The van der Waals surface area contributed by atoms with Gasteiger partial charge in [0.05, 0.1) is 5.75 Å². The lowest BCUT2D eigenvalue weighted by molar-refractivity contribution is 0.570. The number of benzene rings is 1. The van der Waals surface area contributed by atoms with Crippen molar-refractivity contribution < 1.29 is 8.42 Å². The third-order valence-corrected chi connectivity index (χ3v) is 4.89. The van der Waals surface area contributed by atoms with Gasteiger partial charge < -0.3 is 5.32 Å². The van der Waals surface area contributed by atoms with Gasteiger partial charge in [-0.1, -0.05) is 31.2 Å². The molecular weight excluding hydrogens is 246 g/mol. The molecule has 0 saturated carbocycles. The van der Waals surface area contributed by atoms with Crippen LogP contribution in [0, 0.1) is 6.92 Å². The lowest BCUT2D eigenvalue weighted by Crippen LogP contribution is -2.27. The second-order valence-electron chi connectivity index (χ2n) is 4.68. The lowest BCUT2D eigenvalue weighted by atomic mass is 10.0. The molecular formula is C14H23NO2S. The molecule has 4 heteroatoms. The number of sulfone groups is 1. The highest BCUT2D eigenvalue weighted by Gasteiger charge is 2.11. The van der Waals surface area contributed by atoms with Crippen LogP contribution < -0.4 is 5.32 Å². The topological polar surface area (TPSA) is 46.2 Å². The van der Waals surface area contributed by atoms with Crippen molar-refractivity contribution in [3.63, 3.8) is 0 Å². The zero-order valence-electron chi connectivity index (χ0n) is 11.4. The number of rotatable bonds is 7. The smallest absolute Gasteiger partial charge is 0.151 e. The molecule has 102 valence electrons. The van der Waals surface area contributed by atoms with Crippen LogP contribution in [-0.4, -0.2) is 26.5 Å². The first-order valence-corrected chi connectivity index (χ1v) is 8.27. The van der Waals surface area contributed by atoms with E-state index in [4.69, 9.17) is 0 Å². The van der Waals surface area contributed by atoms with Crippen molar-refractivity contribution in [2.45, 2.75) is 33.2 Å². The van der Waals surface area contributed by atoms with Crippen molar-refractivity contribution in [2.75, 3.05) is 18.1 Å². The summed E-state index contributed by atoms with van der Waals surface area (Å²) >= 11 is 0. The fourth-order valence-corrected chi connectivity index (χ4v) is 3.28. The van der Waals surface area contributed by atoms with Crippen molar-refractivity contribution in [3.05, 3.63) is 35.4 Å². The molecule has 0 radical (unpaired) electrons. The molecule has 18 heavy (non-hydrogen) atoms. The Labute approximate surface area is 111 Å². The maximum Gasteiger partial charge on any atom is 0.151 e. The summed E-state index contributed by atoms with van der Waals surface area (Å²) in [4.78, 5) is 0. The van der Waals surface area contributed by atoms with E-state index in [1.54, 1.807) is 0 Å². The van der Waals surface area contributed by atoms with E-state index in [1.165, 1.54) is 11.1 Å². The Balaban J connectivity index is 2.48. The fraction of sp³-hybridized carbons (Fsp3) is 0.571. The van der Waals surface area contributed by atoms with Crippen LogP contribution in [0.25, 0.3) is 0 Å². The molecule has 0 heterocycles. The molecule has 1 aromatic rings. The van der Waals surface area contributed by atoms with Gasteiger partial charge in [0, 0.05) is 18.3 Å². The Hall–Kier alpha value is -0.870. The third kappa shape index (κ3) is 4.78. The van der Waals surface area contributed by atoms with Crippen LogP contribution in [0.4, 0.5) is 0 Å². The van der Waals surface area contributed by atoms with Crippen LogP contribution in [0.2, 0.25) is 0 Å². The Morgan fingerprint density at radius 3 is 2.50 bits per heavy atom. The van der Waals surface area contributed by atoms with Crippen LogP contribution in [0.5, 0.6) is 0 Å². The van der Waals surface area contributed by atoms with E-state index < -0.39 is 9.84 Å². The van der Waals surface area contributed by atoms with Crippen molar-refractivity contribution in [1.82, 2.24) is 5.32 Å². The van der Waals surface area contributed by atoms with Crippen LogP contribution in [0.1, 0.15) is 37.4 Å². The summed E-state index contributed by atoms with van der Waals surface area (Å²) in [6.45, 7) is 6.54. The molecule has 0 fully saturated rings.